The number of nitrogens with zero attached hydrogens (tertiary/aromatic N) is 1. The number of rotatable bonds is 6. The van der Waals surface area contributed by atoms with Gasteiger partial charge in [0.05, 0.1) is 0 Å². The van der Waals surface area contributed by atoms with E-state index in [-0.39, 0.29) is 36.4 Å². The van der Waals surface area contributed by atoms with Crippen LogP contribution in [0.25, 0.3) is 0 Å². The first-order chi connectivity index (χ1) is 13.1. The van der Waals surface area contributed by atoms with Gasteiger partial charge >= 0.3 is 6.03 Å². The molecule has 3 atom stereocenters. The van der Waals surface area contributed by atoms with E-state index in [0.29, 0.717) is 6.42 Å². The number of hydrogen-bond acceptors (Lipinski definition) is 3. The molecule has 1 aromatic carbocycles. The Bertz CT molecular complexity index is 638. The molecule has 0 saturated carbocycles. The van der Waals surface area contributed by atoms with Gasteiger partial charge in [-0.1, -0.05) is 25.5 Å². The fourth-order valence-corrected chi connectivity index (χ4v) is 4.06. The second kappa shape index (κ2) is 9.17. The van der Waals surface area contributed by atoms with Crippen molar-refractivity contribution in [2.75, 3.05) is 13.1 Å². The Morgan fingerprint density at radius 1 is 1.22 bits per heavy atom. The largest absolute Gasteiger partial charge is 0.334 e. The first-order valence-electron chi connectivity index (χ1n) is 9.90. The number of nitrogens with one attached hydrogen (secondary N) is 3. The zero-order valence-corrected chi connectivity index (χ0v) is 15.8. The molecule has 0 aliphatic carbocycles. The molecule has 2 bridgehead atoms. The molecule has 0 aromatic heterocycles. The predicted octanol–water partition coefficient (Wildman–Crippen LogP) is 2.15. The van der Waals surface area contributed by atoms with Gasteiger partial charge in [0.25, 0.3) is 0 Å². The molecule has 2 aliphatic heterocycles. The monoisotopic (exact) mass is 376 g/mol. The van der Waals surface area contributed by atoms with Crippen LogP contribution in [0.3, 0.4) is 0 Å². The molecule has 3 rings (SSSR count). The number of halogens is 1. The van der Waals surface area contributed by atoms with E-state index in [1.54, 1.807) is 12.1 Å². The first-order valence-corrected chi connectivity index (χ1v) is 9.90. The molecule has 0 spiro atoms. The number of hydrogen-bond donors (Lipinski definition) is 3. The van der Waals surface area contributed by atoms with Gasteiger partial charge in [0.1, 0.15) is 11.9 Å². The lowest BCUT2D eigenvalue weighted by Crippen LogP contribution is -2.54. The third-order valence-electron chi connectivity index (χ3n) is 5.46. The van der Waals surface area contributed by atoms with Gasteiger partial charge in [-0.2, -0.15) is 0 Å². The Balaban J connectivity index is 1.58. The van der Waals surface area contributed by atoms with Gasteiger partial charge in [-0.15, -0.1) is 0 Å². The number of benzene rings is 1. The molecule has 1 aromatic rings. The van der Waals surface area contributed by atoms with Crippen molar-refractivity contribution in [3.8, 4) is 0 Å². The van der Waals surface area contributed by atoms with Crippen molar-refractivity contribution in [1.82, 2.24) is 20.9 Å². The summed E-state index contributed by atoms with van der Waals surface area (Å²) in [7, 11) is 0. The lowest BCUT2D eigenvalue weighted by Gasteiger charge is -2.32. The van der Waals surface area contributed by atoms with E-state index in [4.69, 9.17) is 0 Å². The average Bonchev–Trinajstić information content (AvgIpc) is 2.93. The van der Waals surface area contributed by atoms with E-state index >= 15 is 0 Å². The summed E-state index contributed by atoms with van der Waals surface area (Å²) in [6.45, 7) is 4.07. The van der Waals surface area contributed by atoms with Gasteiger partial charge in [-0.3, -0.25) is 4.79 Å². The van der Waals surface area contributed by atoms with Crippen LogP contribution in [-0.2, 0) is 11.3 Å². The number of amides is 3. The van der Waals surface area contributed by atoms with Crippen molar-refractivity contribution < 1.29 is 14.0 Å². The van der Waals surface area contributed by atoms with Crippen LogP contribution in [0.4, 0.5) is 9.18 Å². The maximum Gasteiger partial charge on any atom is 0.315 e. The number of urea groups is 1. The summed E-state index contributed by atoms with van der Waals surface area (Å²) in [5.74, 6) is -0.275. The number of carbonyl (C=O) groups excluding carboxylic acids is 2. The van der Waals surface area contributed by atoms with E-state index in [9.17, 15) is 14.0 Å². The molecule has 2 saturated heterocycles. The van der Waals surface area contributed by atoms with E-state index in [1.807, 2.05) is 11.8 Å². The molecule has 27 heavy (non-hydrogen) atoms. The molecule has 0 radical (unpaired) electrons. The van der Waals surface area contributed by atoms with Crippen LogP contribution in [0.5, 0.6) is 0 Å². The lowest BCUT2D eigenvalue weighted by molar-refractivity contribution is -0.136. The highest BCUT2D eigenvalue weighted by Crippen LogP contribution is 2.29. The Morgan fingerprint density at radius 2 is 1.96 bits per heavy atom. The van der Waals surface area contributed by atoms with Crippen LogP contribution in [0.1, 0.15) is 44.6 Å². The van der Waals surface area contributed by atoms with Crippen molar-refractivity contribution in [3.05, 3.63) is 35.6 Å². The first kappa shape index (κ1) is 19.6. The molecule has 2 fully saturated rings. The normalized spacial score (nSPS) is 22.8. The van der Waals surface area contributed by atoms with Crippen LogP contribution < -0.4 is 16.0 Å². The highest BCUT2D eigenvalue weighted by Gasteiger charge is 2.40. The number of carbonyl (C=O) groups is 2. The predicted molar refractivity (Wildman–Crippen MR) is 102 cm³/mol. The summed E-state index contributed by atoms with van der Waals surface area (Å²) in [5.41, 5.74) is 0.807. The van der Waals surface area contributed by atoms with Crippen molar-refractivity contribution in [3.63, 3.8) is 0 Å². The quantitative estimate of drug-likeness (QED) is 0.712. The lowest BCUT2D eigenvalue weighted by atomic mass is 10.1. The zero-order valence-electron chi connectivity index (χ0n) is 15.8. The van der Waals surface area contributed by atoms with Gasteiger partial charge in [0.2, 0.25) is 5.91 Å². The molecular weight excluding hydrogens is 347 g/mol. The topological polar surface area (TPSA) is 73.5 Å². The summed E-state index contributed by atoms with van der Waals surface area (Å²) >= 11 is 0. The molecule has 148 valence electrons. The van der Waals surface area contributed by atoms with E-state index in [0.717, 1.165) is 44.3 Å². The van der Waals surface area contributed by atoms with Gasteiger partial charge in [0, 0.05) is 25.2 Å². The zero-order chi connectivity index (χ0) is 19.2. The minimum atomic E-state index is -0.510. The van der Waals surface area contributed by atoms with Crippen molar-refractivity contribution in [2.45, 2.75) is 63.7 Å². The fourth-order valence-electron chi connectivity index (χ4n) is 4.06. The smallest absolute Gasteiger partial charge is 0.315 e. The van der Waals surface area contributed by atoms with Crippen LogP contribution >= 0.6 is 0 Å². The molecule has 3 unspecified atom stereocenters. The third kappa shape index (κ3) is 4.97. The summed E-state index contributed by atoms with van der Waals surface area (Å²) < 4.78 is 13.0. The molecule has 2 aliphatic rings. The fraction of sp³-hybridized carbons (Fsp3) is 0.600. The van der Waals surface area contributed by atoms with Crippen LogP contribution in [0.2, 0.25) is 0 Å². The maximum atomic E-state index is 13.2. The molecule has 6 nitrogen and oxygen atoms in total. The van der Waals surface area contributed by atoms with Crippen molar-refractivity contribution >= 4 is 11.9 Å². The Morgan fingerprint density at radius 3 is 2.70 bits per heavy atom. The summed E-state index contributed by atoms with van der Waals surface area (Å²) in [5, 5.41) is 9.01. The summed E-state index contributed by atoms with van der Waals surface area (Å²) in [4.78, 5) is 27.5. The third-order valence-corrected chi connectivity index (χ3v) is 5.46. The minimum Gasteiger partial charge on any atom is -0.334 e. The van der Waals surface area contributed by atoms with Crippen LogP contribution in [0, 0.1) is 5.82 Å². The average molecular weight is 376 g/mol. The van der Waals surface area contributed by atoms with E-state index in [1.165, 1.54) is 12.1 Å². The van der Waals surface area contributed by atoms with Gasteiger partial charge in [0.15, 0.2) is 0 Å². The van der Waals surface area contributed by atoms with Gasteiger partial charge in [-0.05, 0) is 49.9 Å². The Kier molecular flexibility index (Phi) is 6.66. The molecule has 3 amide bonds. The Labute approximate surface area is 159 Å². The number of fused-ring (bicyclic) bond motifs is 2. The van der Waals surface area contributed by atoms with Crippen molar-refractivity contribution in [1.29, 1.82) is 0 Å². The summed E-state index contributed by atoms with van der Waals surface area (Å²) in [6, 6.07) is 5.62. The van der Waals surface area contributed by atoms with E-state index < -0.39 is 6.04 Å². The SMILES string of the molecule is CCCC(NC(=O)NCc1ccc(F)cc1)C(=O)N1C2CCNCC1CC2. The van der Waals surface area contributed by atoms with E-state index in [2.05, 4.69) is 16.0 Å². The standard InChI is InChI=1S/C20H29FN4O2/c1-2-3-18(19(26)25-16-8-9-17(25)13-22-11-10-16)24-20(27)23-12-14-4-6-15(21)7-5-14/h4-7,16-18,22H,2-3,8-13H2,1H3,(H2,23,24,27). The maximum absolute atomic E-state index is 13.2. The molecular formula is C20H29FN4O2. The Hall–Kier alpha value is -2.15. The van der Waals surface area contributed by atoms with Crippen molar-refractivity contribution in [2.24, 2.45) is 0 Å². The minimum absolute atomic E-state index is 0.0324. The van der Waals surface area contributed by atoms with Crippen LogP contribution in [-0.4, -0.2) is 48.1 Å². The van der Waals surface area contributed by atoms with Gasteiger partial charge < -0.3 is 20.9 Å². The van der Waals surface area contributed by atoms with Gasteiger partial charge in [-0.25, -0.2) is 9.18 Å². The van der Waals surface area contributed by atoms with Crippen LogP contribution in [0.15, 0.2) is 24.3 Å². The molecule has 7 heteroatoms. The summed E-state index contributed by atoms with van der Waals surface area (Å²) in [6.07, 6.45) is 4.48. The molecule has 2 heterocycles. The molecule has 3 N–H and O–H groups in total. The highest BCUT2D eigenvalue weighted by molar-refractivity contribution is 5.87. The highest BCUT2D eigenvalue weighted by atomic mass is 19.1. The second-order valence-electron chi connectivity index (χ2n) is 7.42. The second-order valence-corrected chi connectivity index (χ2v) is 7.42.